The molecule has 0 N–H and O–H groups in total. The first kappa shape index (κ1) is 21.1. The van der Waals surface area contributed by atoms with E-state index in [1.165, 1.54) is 48.4 Å². The number of hydrogen-bond donors (Lipinski definition) is 0. The Kier molecular flexibility index (Phi) is 8.30. The number of nitrogens with zero attached hydrogens (tertiary/aromatic N) is 1. The fourth-order valence-corrected chi connectivity index (χ4v) is 3.62. The van der Waals surface area contributed by atoms with E-state index in [9.17, 15) is 0 Å². The third-order valence-electron chi connectivity index (χ3n) is 5.37. The molecule has 0 spiro atoms. The van der Waals surface area contributed by atoms with Crippen molar-refractivity contribution in [2.24, 2.45) is 4.99 Å². The minimum absolute atomic E-state index is 0.115. The number of ether oxygens (including phenoxy) is 1. The molecule has 3 rings (SSSR count). The highest BCUT2D eigenvalue weighted by atomic mass is 16.5. The molecule has 0 radical (unpaired) electrons. The second kappa shape index (κ2) is 11.4. The van der Waals surface area contributed by atoms with Crippen molar-refractivity contribution < 1.29 is 4.74 Å². The number of hydrogen-bond acceptors (Lipinski definition) is 2. The number of benzene rings is 3. The highest BCUT2D eigenvalue weighted by Crippen LogP contribution is 2.26. The van der Waals surface area contributed by atoms with Crippen LogP contribution in [0.15, 0.2) is 71.7 Å². The molecule has 1 atom stereocenters. The molecule has 0 amide bonds. The van der Waals surface area contributed by atoms with Gasteiger partial charge in [-0.05, 0) is 59.5 Å². The largest absolute Gasteiger partial charge is 0.494 e. The van der Waals surface area contributed by atoms with E-state index in [0.29, 0.717) is 0 Å². The van der Waals surface area contributed by atoms with Crippen LogP contribution in [0.5, 0.6) is 5.75 Å². The average molecular weight is 388 g/mol. The molecule has 29 heavy (non-hydrogen) atoms. The molecule has 0 bridgehead atoms. The number of aliphatic imine (C=N–C) groups is 1. The minimum Gasteiger partial charge on any atom is -0.494 e. The van der Waals surface area contributed by atoms with Crippen LogP contribution in [-0.4, -0.2) is 12.8 Å². The molecule has 0 saturated carbocycles. The van der Waals surface area contributed by atoms with Gasteiger partial charge in [0.2, 0.25) is 0 Å². The van der Waals surface area contributed by atoms with Crippen LogP contribution in [0.3, 0.4) is 0 Å². The van der Waals surface area contributed by atoms with Gasteiger partial charge in [0.1, 0.15) is 5.75 Å². The lowest BCUT2D eigenvalue weighted by Gasteiger charge is -2.10. The van der Waals surface area contributed by atoms with Crippen LogP contribution >= 0.6 is 0 Å². The van der Waals surface area contributed by atoms with Crippen LogP contribution < -0.4 is 4.74 Å². The molecule has 0 aliphatic heterocycles. The molecule has 0 saturated heterocycles. The van der Waals surface area contributed by atoms with Crippen molar-refractivity contribution in [1.82, 2.24) is 0 Å². The van der Waals surface area contributed by atoms with Gasteiger partial charge in [-0.15, -0.1) is 0 Å². The second-order valence-electron chi connectivity index (χ2n) is 7.71. The zero-order valence-electron chi connectivity index (χ0n) is 17.8. The Labute approximate surface area is 175 Å². The lowest BCUT2D eigenvalue weighted by atomic mass is 10.00. The maximum Gasteiger partial charge on any atom is 0.119 e. The van der Waals surface area contributed by atoms with Crippen molar-refractivity contribution in [2.45, 2.75) is 58.4 Å². The van der Waals surface area contributed by atoms with Crippen LogP contribution in [0.1, 0.15) is 69.5 Å². The Balaban J connectivity index is 1.50. The Morgan fingerprint density at radius 2 is 1.55 bits per heavy atom. The highest BCUT2D eigenvalue weighted by Gasteiger charge is 2.07. The van der Waals surface area contributed by atoms with E-state index in [4.69, 9.17) is 9.73 Å². The highest BCUT2D eigenvalue weighted by molar-refractivity contribution is 5.86. The van der Waals surface area contributed by atoms with E-state index in [-0.39, 0.29) is 6.04 Å². The SMILES string of the molecule is CCCCCCCCOc1ccc(C=N[C@H](C)c2cccc3ccccc23)cc1. The summed E-state index contributed by atoms with van der Waals surface area (Å²) in [6.07, 6.45) is 9.68. The van der Waals surface area contributed by atoms with Crippen molar-refractivity contribution in [3.05, 3.63) is 77.9 Å². The molecule has 0 fully saturated rings. The zero-order valence-corrected chi connectivity index (χ0v) is 17.8. The van der Waals surface area contributed by atoms with Gasteiger partial charge < -0.3 is 4.74 Å². The quantitative estimate of drug-likeness (QED) is 0.243. The maximum atomic E-state index is 5.87. The van der Waals surface area contributed by atoms with Crippen molar-refractivity contribution >= 4 is 17.0 Å². The monoisotopic (exact) mass is 387 g/mol. The molecule has 0 heterocycles. The van der Waals surface area contributed by atoms with Gasteiger partial charge in [0.25, 0.3) is 0 Å². The van der Waals surface area contributed by atoms with Gasteiger partial charge in [-0.25, -0.2) is 0 Å². The first-order valence-electron chi connectivity index (χ1n) is 11.0. The topological polar surface area (TPSA) is 21.6 Å². The summed E-state index contributed by atoms with van der Waals surface area (Å²) < 4.78 is 5.87. The summed E-state index contributed by atoms with van der Waals surface area (Å²) in [4.78, 5) is 4.79. The smallest absolute Gasteiger partial charge is 0.119 e. The summed E-state index contributed by atoms with van der Waals surface area (Å²) in [6, 6.07) is 23.3. The van der Waals surface area contributed by atoms with Crippen LogP contribution in [-0.2, 0) is 0 Å². The van der Waals surface area contributed by atoms with E-state index in [1.54, 1.807) is 0 Å². The number of fused-ring (bicyclic) bond motifs is 1. The molecule has 2 nitrogen and oxygen atoms in total. The summed E-state index contributed by atoms with van der Waals surface area (Å²) >= 11 is 0. The fourth-order valence-electron chi connectivity index (χ4n) is 3.62. The summed E-state index contributed by atoms with van der Waals surface area (Å²) in [5.74, 6) is 0.942. The maximum absolute atomic E-state index is 5.87. The van der Waals surface area contributed by atoms with E-state index in [2.05, 4.69) is 68.4 Å². The van der Waals surface area contributed by atoms with Crippen LogP contribution in [0.2, 0.25) is 0 Å². The third kappa shape index (κ3) is 6.45. The van der Waals surface area contributed by atoms with Gasteiger partial charge in [-0.3, -0.25) is 4.99 Å². The minimum atomic E-state index is 0.115. The molecule has 3 aromatic rings. The van der Waals surface area contributed by atoms with E-state index in [1.807, 2.05) is 18.3 Å². The van der Waals surface area contributed by atoms with Gasteiger partial charge in [-0.1, -0.05) is 81.5 Å². The predicted octanol–water partition coefficient (Wildman–Crippen LogP) is 7.76. The molecule has 152 valence electrons. The van der Waals surface area contributed by atoms with E-state index < -0.39 is 0 Å². The summed E-state index contributed by atoms with van der Waals surface area (Å²) in [6.45, 7) is 5.20. The van der Waals surface area contributed by atoms with Crippen molar-refractivity contribution in [3.8, 4) is 5.75 Å². The van der Waals surface area contributed by atoms with Crippen LogP contribution in [0.4, 0.5) is 0 Å². The second-order valence-corrected chi connectivity index (χ2v) is 7.71. The molecule has 0 aliphatic carbocycles. The lowest BCUT2D eigenvalue weighted by Crippen LogP contribution is -1.97. The first-order valence-corrected chi connectivity index (χ1v) is 11.0. The van der Waals surface area contributed by atoms with Gasteiger partial charge in [0.05, 0.1) is 12.6 Å². The van der Waals surface area contributed by atoms with Gasteiger partial charge in [0.15, 0.2) is 0 Å². The number of rotatable bonds is 11. The van der Waals surface area contributed by atoms with Crippen molar-refractivity contribution in [2.75, 3.05) is 6.61 Å². The standard InChI is InChI=1S/C27H33NO/c1-3-4-5-6-7-10-20-29-25-18-16-23(17-19-25)21-28-22(2)26-15-11-13-24-12-8-9-14-27(24)26/h8-9,11-19,21-22H,3-7,10,20H2,1-2H3/t22-/m1/s1. The van der Waals surface area contributed by atoms with Gasteiger partial charge >= 0.3 is 0 Å². The van der Waals surface area contributed by atoms with Gasteiger partial charge in [-0.2, -0.15) is 0 Å². The van der Waals surface area contributed by atoms with E-state index in [0.717, 1.165) is 24.3 Å². The molecule has 0 aliphatic rings. The Morgan fingerprint density at radius 3 is 2.38 bits per heavy atom. The molecule has 3 aromatic carbocycles. The molecular formula is C27H33NO. The number of unbranched alkanes of at least 4 members (excludes halogenated alkanes) is 5. The normalized spacial score (nSPS) is 12.5. The summed E-state index contributed by atoms with van der Waals surface area (Å²) in [7, 11) is 0. The Morgan fingerprint density at radius 1 is 0.828 bits per heavy atom. The summed E-state index contributed by atoms with van der Waals surface area (Å²) in [5, 5.41) is 2.54. The van der Waals surface area contributed by atoms with Crippen molar-refractivity contribution in [3.63, 3.8) is 0 Å². The average Bonchev–Trinajstić information content (AvgIpc) is 2.77. The Bertz CT molecular complexity index is 893. The molecular weight excluding hydrogens is 354 g/mol. The fraction of sp³-hybridized carbons (Fsp3) is 0.370. The van der Waals surface area contributed by atoms with Crippen molar-refractivity contribution in [1.29, 1.82) is 0 Å². The lowest BCUT2D eigenvalue weighted by molar-refractivity contribution is 0.304. The van der Waals surface area contributed by atoms with Crippen LogP contribution in [0, 0.1) is 0 Å². The third-order valence-corrected chi connectivity index (χ3v) is 5.37. The Hall–Kier alpha value is -2.61. The van der Waals surface area contributed by atoms with Gasteiger partial charge in [0, 0.05) is 6.21 Å². The molecule has 0 aromatic heterocycles. The zero-order chi connectivity index (χ0) is 20.3. The van der Waals surface area contributed by atoms with Crippen LogP contribution in [0.25, 0.3) is 10.8 Å². The summed E-state index contributed by atoms with van der Waals surface area (Å²) in [5.41, 5.74) is 2.36. The van der Waals surface area contributed by atoms with E-state index >= 15 is 0 Å². The molecule has 0 unspecified atom stereocenters. The molecule has 2 heteroatoms. The predicted molar refractivity (Wildman–Crippen MR) is 125 cm³/mol. The first-order chi connectivity index (χ1) is 14.3.